The Balaban J connectivity index is 1.75. The van der Waals surface area contributed by atoms with Crippen LogP contribution in [0.15, 0.2) is 65.4 Å². The Bertz CT molecular complexity index is 1190. The molecule has 6 nitrogen and oxygen atoms in total. The van der Waals surface area contributed by atoms with Crippen LogP contribution >= 0.6 is 15.9 Å². The molecule has 0 radical (unpaired) electrons. The van der Waals surface area contributed by atoms with Crippen molar-refractivity contribution in [3.8, 4) is 11.3 Å². The van der Waals surface area contributed by atoms with Crippen molar-refractivity contribution < 1.29 is 4.79 Å². The van der Waals surface area contributed by atoms with Crippen molar-refractivity contribution >= 4 is 38.7 Å². The molecule has 4 aromatic rings. The summed E-state index contributed by atoms with van der Waals surface area (Å²) in [6, 6.07) is 15.5. The average molecular weight is 478 g/mol. The van der Waals surface area contributed by atoms with Gasteiger partial charge in [0.15, 0.2) is 11.5 Å². The van der Waals surface area contributed by atoms with Gasteiger partial charge in [-0.15, -0.1) is 0 Å². The van der Waals surface area contributed by atoms with Gasteiger partial charge in [0.05, 0.1) is 16.6 Å². The number of anilines is 1. The molecule has 0 spiro atoms. The van der Waals surface area contributed by atoms with Crippen LogP contribution in [0.1, 0.15) is 37.0 Å². The van der Waals surface area contributed by atoms with Gasteiger partial charge in [0.2, 0.25) is 0 Å². The third-order valence-corrected chi connectivity index (χ3v) is 5.63. The number of aromatic nitrogens is 4. The highest BCUT2D eigenvalue weighted by Crippen LogP contribution is 2.33. The Morgan fingerprint density at radius 2 is 1.97 bits per heavy atom. The van der Waals surface area contributed by atoms with Gasteiger partial charge in [-0.05, 0) is 52.9 Å². The molecule has 0 atom stereocenters. The maximum Gasteiger partial charge on any atom is 0.258 e. The molecule has 31 heavy (non-hydrogen) atoms. The summed E-state index contributed by atoms with van der Waals surface area (Å²) < 4.78 is 2.75. The van der Waals surface area contributed by atoms with Crippen LogP contribution in [-0.2, 0) is 6.54 Å². The van der Waals surface area contributed by atoms with E-state index < -0.39 is 0 Å². The third-order valence-electron chi connectivity index (χ3n) is 5.03. The number of nitrogens with zero attached hydrogens (tertiary/aromatic N) is 4. The highest BCUT2D eigenvalue weighted by atomic mass is 79.9. The number of benzene rings is 1. The molecule has 0 bridgehead atoms. The Morgan fingerprint density at radius 3 is 2.68 bits per heavy atom. The molecule has 158 valence electrons. The Morgan fingerprint density at radius 1 is 1.16 bits per heavy atom. The van der Waals surface area contributed by atoms with Crippen LogP contribution in [0.3, 0.4) is 0 Å². The molecule has 0 aliphatic carbocycles. The zero-order valence-corrected chi connectivity index (χ0v) is 19.1. The van der Waals surface area contributed by atoms with Gasteiger partial charge in [0.25, 0.3) is 5.91 Å². The lowest BCUT2D eigenvalue weighted by Gasteiger charge is -2.08. The predicted octanol–water partition coefficient (Wildman–Crippen LogP) is 5.94. The Labute approximate surface area is 189 Å². The molecular formula is C24H24BrN5O. The number of amides is 1. The Kier molecular flexibility index (Phi) is 6.42. The molecule has 3 aromatic heterocycles. The van der Waals surface area contributed by atoms with Gasteiger partial charge in [-0.1, -0.05) is 44.2 Å². The largest absolute Gasteiger partial charge is 0.304 e. The first-order chi connectivity index (χ1) is 15.0. The summed E-state index contributed by atoms with van der Waals surface area (Å²) in [5.74, 6) is 0.875. The molecule has 3 heterocycles. The van der Waals surface area contributed by atoms with Crippen LogP contribution in [0.2, 0.25) is 0 Å². The summed E-state index contributed by atoms with van der Waals surface area (Å²) in [7, 11) is 0. The molecule has 0 unspecified atom stereocenters. The number of fused-ring (bicyclic) bond motifs is 1. The molecule has 1 N–H and O–H groups in total. The van der Waals surface area contributed by atoms with E-state index in [1.165, 1.54) is 0 Å². The first-order valence-corrected chi connectivity index (χ1v) is 11.2. The normalized spacial score (nSPS) is 11.2. The fraction of sp³-hybridized carbons (Fsp3) is 0.250. The van der Waals surface area contributed by atoms with Crippen LogP contribution in [0.4, 0.5) is 5.82 Å². The number of halogens is 1. The second kappa shape index (κ2) is 9.39. The van der Waals surface area contributed by atoms with Gasteiger partial charge in [-0.2, -0.15) is 5.10 Å². The molecule has 0 saturated carbocycles. The van der Waals surface area contributed by atoms with Gasteiger partial charge in [0.1, 0.15) is 0 Å². The SMILES string of the molecule is CC(C)CCCn1nc(NC(=O)c2cccnc2)c2cc(Br)c(-c3ccccc3)nc21. The van der Waals surface area contributed by atoms with E-state index in [0.29, 0.717) is 17.3 Å². The molecule has 7 heteroatoms. The van der Waals surface area contributed by atoms with Crippen LogP contribution < -0.4 is 5.32 Å². The smallest absolute Gasteiger partial charge is 0.258 e. The molecule has 1 aromatic carbocycles. The molecule has 0 saturated heterocycles. The lowest BCUT2D eigenvalue weighted by Crippen LogP contribution is -2.13. The number of nitrogens with one attached hydrogen (secondary N) is 1. The van der Waals surface area contributed by atoms with Gasteiger partial charge >= 0.3 is 0 Å². The fourth-order valence-electron chi connectivity index (χ4n) is 3.44. The minimum absolute atomic E-state index is 0.245. The fourth-order valence-corrected chi connectivity index (χ4v) is 3.99. The zero-order valence-electron chi connectivity index (χ0n) is 17.5. The maximum absolute atomic E-state index is 12.7. The molecule has 1 amide bonds. The number of aryl methyl sites for hydroxylation is 1. The number of rotatable bonds is 7. The first kappa shape index (κ1) is 21.2. The number of pyridine rings is 2. The van der Waals surface area contributed by atoms with E-state index in [4.69, 9.17) is 10.1 Å². The predicted molar refractivity (Wildman–Crippen MR) is 127 cm³/mol. The number of hydrogen-bond donors (Lipinski definition) is 1. The number of carbonyl (C=O) groups is 1. The van der Waals surface area contributed by atoms with E-state index in [1.54, 1.807) is 24.5 Å². The van der Waals surface area contributed by atoms with Crippen LogP contribution in [0, 0.1) is 5.92 Å². The van der Waals surface area contributed by atoms with Gasteiger partial charge in [-0.3, -0.25) is 9.78 Å². The molecular weight excluding hydrogens is 454 g/mol. The van der Waals surface area contributed by atoms with Gasteiger partial charge in [0, 0.05) is 29.0 Å². The molecule has 0 fully saturated rings. The second-order valence-electron chi connectivity index (χ2n) is 7.86. The summed E-state index contributed by atoms with van der Waals surface area (Å²) in [6.45, 7) is 5.16. The minimum atomic E-state index is -0.245. The second-order valence-corrected chi connectivity index (χ2v) is 8.71. The minimum Gasteiger partial charge on any atom is -0.304 e. The van der Waals surface area contributed by atoms with Crippen molar-refractivity contribution in [2.45, 2.75) is 33.2 Å². The summed E-state index contributed by atoms with van der Waals surface area (Å²) in [5, 5.41) is 8.44. The monoisotopic (exact) mass is 477 g/mol. The van der Waals surface area contributed by atoms with Crippen LogP contribution in [-0.4, -0.2) is 25.7 Å². The van der Waals surface area contributed by atoms with Crippen molar-refractivity contribution in [3.05, 3.63) is 71.0 Å². The summed E-state index contributed by atoms with van der Waals surface area (Å²) in [5.41, 5.74) is 3.11. The topological polar surface area (TPSA) is 72.7 Å². The summed E-state index contributed by atoms with van der Waals surface area (Å²) in [6.07, 6.45) is 5.27. The third kappa shape index (κ3) is 4.82. The zero-order chi connectivity index (χ0) is 21.8. The maximum atomic E-state index is 12.7. The standard InChI is InChI=1S/C24H24BrN5O/c1-16(2)8-7-13-30-23-19(14-20(25)21(27-23)17-9-4-3-5-10-17)22(29-30)28-24(31)18-11-6-12-26-15-18/h3-6,9-12,14-16H,7-8,13H2,1-2H3,(H,28,29,31). The van der Waals surface area contributed by atoms with Crippen LogP contribution in [0.25, 0.3) is 22.3 Å². The van der Waals surface area contributed by atoms with E-state index in [2.05, 4.69) is 40.1 Å². The van der Waals surface area contributed by atoms with E-state index in [-0.39, 0.29) is 5.91 Å². The first-order valence-electron chi connectivity index (χ1n) is 10.4. The van der Waals surface area contributed by atoms with Crippen molar-refractivity contribution in [3.63, 3.8) is 0 Å². The van der Waals surface area contributed by atoms with E-state index in [0.717, 1.165) is 46.1 Å². The van der Waals surface area contributed by atoms with E-state index in [1.807, 2.05) is 41.1 Å². The van der Waals surface area contributed by atoms with E-state index in [9.17, 15) is 4.79 Å². The Hall–Kier alpha value is -3.06. The van der Waals surface area contributed by atoms with Crippen molar-refractivity contribution in [1.82, 2.24) is 19.7 Å². The molecule has 4 rings (SSSR count). The summed E-state index contributed by atoms with van der Waals surface area (Å²) >= 11 is 3.66. The number of carbonyl (C=O) groups excluding carboxylic acids is 1. The van der Waals surface area contributed by atoms with Crippen molar-refractivity contribution in [2.75, 3.05) is 5.32 Å². The lowest BCUT2D eigenvalue weighted by atomic mass is 10.1. The van der Waals surface area contributed by atoms with Gasteiger partial charge in [-0.25, -0.2) is 9.67 Å². The molecule has 0 aliphatic rings. The lowest BCUT2D eigenvalue weighted by molar-refractivity contribution is 0.102. The number of hydrogen-bond acceptors (Lipinski definition) is 4. The molecule has 0 aliphatic heterocycles. The highest BCUT2D eigenvalue weighted by molar-refractivity contribution is 9.10. The highest BCUT2D eigenvalue weighted by Gasteiger charge is 2.18. The summed E-state index contributed by atoms with van der Waals surface area (Å²) in [4.78, 5) is 21.7. The van der Waals surface area contributed by atoms with Crippen LogP contribution in [0.5, 0.6) is 0 Å². The van der Waals surface area contributed by atoms with Gasteiger partial charge < -0.3 is 5.32 Å². The quantitative estimate of drug-likeness (QED) is 0.357. The van der Waals surface area contributed by atoms with Crippen molar-refractivity contribution in [1.29, 1.82) is 0 Å². The average Bonchev–Trinajstić information content (AvgIpc) is 3.10. The van der Waals surface area contributed by atoms with E-state index >= 15 is 0 Å². The van der Waals surface area contributed by atoms with Crippen molar-refractivity contribution in [2.24, 2.45) is 5.92 Å².